The first-order valence-corrected chi connectivity index (χ1v) is 12.3. The van der Waals surface area contributed by atoms with Crippen LogP contribution in [0.1, 0.15) is 60.8 Å². The Kier molecular flexibility index (Phi) is 5.03. The highest BCUT2D eigenvalue weighted by Gasteiger charge is 2.34. The number of benzene rings is 1. The van der Waals surface area contributed by atoms with Crippen molar-refractivity contribution in [1.82, 2.24) is 24.5 Å². The van der Waals surface area contributed by atoms with Crippen LogP contribution in [-0.4, -0.2) is 56.8 Å². The Morgan fingerprint density at radius 2 is 1.88 bits per heavy atom. The van der Waals surface area contributed by atoms with Crippen molar-refractivity contribution < 1.29 is 4.74 Å². The highest BCUT2D eigenvalue weighted by Crippen LogP contribution is 2.40. The molecule has 172 valence electrons. The number of aryl methyl sites for hydroxylation is 1. The number of aromatic nitrogens is 4. The van der Waals surface area contributed by atoms with Crippen molar-refractivity contribution in [1.29, 1.82) is 0 Å². The van der Waals surface area contributed by atoms with E-state index in [2.05, 4.69) is 72.2 Å². The lowest BCUT2D eigenvalue weighted by Crippen LogP contribution is -2.52. The summed E-state index contributed by atoms with van der Waals surface area (Å²) in [6.45, 7) is 13.1. The van der Waals surface area contributed by atoms with Crippen LogP contribution in [0, 0.1) is 13.8 Å². The Balaban J connectivity index is 1.38. The van der Waals surface area contributed by atoms with Gasteiger partial charge in [0.15, 0.2) is 5.65 Å². The smallest absolute Gasteiger partial charge is 0.163 e. The number of nitrogens with zero attached hydrogens (tertiary/aromatic N) is 4. The van der Waals surface area contributed by atoms with Gasteiger partial charge in [-0.05, 0) is 67.0 Å². The third kappa shape index (κ3) is 3.39. The fourth-order valence-corrected chi connectivity index (χ4v) is 5.83. The van der Waals surface area contributed by atoms with Crippen molar-refractivity contribution in [2.75, 3.05) is 26.3 Å². The van der Waals surface area contributed by atoms with Gasteiger partial charge in [-0.3, -0.25) is 9.30 Å². The molecular weight excluding hydrogens is 410 g/mol. The lowest BCUT2D eigenvalue weighted by molar-refractivity contribution is 0.00165. The minimum atomic E-state index is 0.417. The highest BCUT2D eigenvalue weighted by molar-refractivity contribution is 5.92. The number of hydrogen-bond acceptors (Lipinski definition) is 4. The predicted octanol–water partition coefficient (Wildman–Crippen LogP) is 5.20. The van der Waals surface area contributed by atoms with Gasteiger partial charge in [-0.2, -0.15) is 0 Å². The van der Waals surface area contributed by atoms with Crippen LogP contribution in [-0.2, 0) is 4.74 Å². The molecule has 2 aliphatic heterocycles. The molecule has 3 aromatic heterocycles. The minimum absolute atomic E-state index is 0.417. The van der Waals surface area contributed by atoms with Crippen LogP contribution in [0.3, 0.4) is 0 Å². The van der Waals surface area contributed by atoms with Crippen molar-refractivity contribution in [3.63, 3.8) is 0 Å². The fraction of sp³-hybridized carbons (Fsp3) is 0.481. The van der Waals surface area contributed by atoms with Crippen molar-refractivity contribution in [2.45, 2.75) is 58.4 Å². The summed E-state index contributed by atoms with van der Waals surface area (Å²) >= 11 is 0. The van der Waals surface area contributed by atoms with Crippen molar-refractivity contribution in [3.05, 3.63) is 53.0 Å². The average Bonchev–Trinajstić information content (AvgIpc) is 3.40. The van der Waals surface area contributed by atoms with Gasteiger partial charge < -0.3 is 9.72 Å². The average molecular weight is 444 g/mol. The van der Waals surface area contributed by atoms with Gasteiger partial charge in [0.05, 0.1) is 5.69 Å². The summed E-state index contributed by atoms with van der Waals surface area (Å²) < 4.78 is 7.59. The number of nitrogens with one attached hydrogen (secondary N) is 1. The highest BCUT2D eigenvalue weighted by atomic mass is 16.5. The summed E-state index contributed by atoms with van der Waals surface area (Å²) in [5.41, 5.74) is 9.93. The van der Waals surface area contributed by atoms with Gasteiger partial charge in [0, 0.05) is 60.9 Å². The zero-order valence-electron chi connectivity index (χ0n) is 20.1. The Hall–Kier alpha value is -2.70. The summed E-state index contributed by atoms with van der Waals surface area (Å²) in [5.74, 6) is 1.05. The second kappa shape index (κ2) is 7.96. The second-order valence-corrected chi connectivity index (χ2v) is 10.2. The normalized spacial score (nSPS) is 18.6. The zero-order chi connectivity index (χ0) is 22.7. The lowest BCUT2D eigenvalue weighted by Gasteiger charge is -2.46. The van der Waals surface area contributed by atoms with Crippen LogP contribution in [0.25, 0.3) is 27.8 Å². The third-order valence-electron chi connectivity index (χ3n) is 7.94. The van der Waals surface area contributed by atoms with E-state index >= 15 is 0 Å². The predicted molar refractivity (Wildman–Crippen MR) is 132 cm³/mol. The first-order chi connectivity index (χ1) is 16.0. The Labute approximate surface area is 195 Å². The molecule has 1 N–H and O–H groups in total. The van der Waals surface area contributed by atoms with E-state index in [9.17, 15) is 0 Å². The summed E-state index contributed by atoms with van der Waals surface area (Å²) in [4.78, 5) is 6.43. The van der Waals surface area contributed by atoms with Gasteiger partial charge >= 0.3 is 0 Å². The SMILES string of the molecule is Cc1c(-c2[nH]c3ccc(C4CN(C5CCOCC5)C4)cc3c2C(C)C)cn2cnnc2c1C. The molecule has 1 aromatic carbocycles. The number of fused-ring (bicyclic) bond motifs is 2. The minimum Gasteiger partial charge on any atom is -0.381 e. The molecule has 6 rings (SSSR count). The van der Waals surface area contributed by atoms with Crippen LogP contribution in [0.5, 0.6) is 0 Å². The molecule has 0 atom stereocenters. The molecule has 0 amide bonds. The molecule has 4 aromatic rings. The number of rotatable bonds is 4. The third-order valence-corrected chi connectivity index (χ3v) is 7.94. The molecule has 2 saturated heterocycles. The number of aromatic amines is 1. The van der Waals surface area contributed by atoms with E-state index < -0.39 is 0 Å². The zero-order valence-corrected chi connectivity index (χ0v) is 20.1. The topological polar surface area (TPSA) is 58.5 Å². The largest absolute Gasteiger partial charge is 0.381 e. The van der Waals surface area contributed by atoms with Crippen LogP contribution in [0.15, 0.2) is 30.7 Å². The maximum absolute atomic E-state index is 5.55. The van der Waals surface area contributed by atoms with Gasteiger partial charge in [-0.25, -0.2) is 0 Å². The molecule has 2 aliphatic rings. The summed E-state index contributed by atoms with van der Waals surface area (Å²) in [7, 11) is 0. The standard InChI is InChI=1S/C27H33N5O/c1-16(2)25-22-11-19(20-12-31(13-20)21-7-9-33-10-8-21)5-6-24(22)29-26(25)23-14-32-15-28-30-27(32)18(4)17(23)3/h5-6,11,14-16,20-21,29H,7-10,12-13H2,1-4H3. The van der Waals surface area contributed by atoms with Crippen molar-refractivity contribution >= 4 is 16.6 Å². The molecule has 0 spiro atoms. The van der Waals surface area contributed by atoms with Crippen molar-refractivity contribution in [3.8, 4) is 11.3 Å². The van der Waals surface area contributed by atoms with Crippen LogP contribution in [0.4, 0.5) is 0 Å². The summed E-state index contributed by atoms with van der Waals surface area (Å²) in [5, 5.41) is 9.77. The molecular formula is C27H33N5O. The molecule has 6 heteroatoms. The maximum Gasteiger partial charge on any atom is 0.163 e. The summed E-state index contributed by atoms with van der Waals surface area (Å²) in [6, 6.07) is 7.79. The molecule has 6 nitrogen and oxygen atoms in total. The number of likely N-dealkylation sites (tertiary alicyclic amines) is 1. The number of ether oxygens (including phenoxy) is 1. The first-order valence-electron chi connectivity index (χ1n) is 12.3. The Bertz CT molecular complexity index is 1320. The molecule has 0 aliphatic carbocycles. The molecule has 0 saturated carbocycles. The van der Waals surface area contributed by atoms with E-state index in [4.69, 9.17) is 4.74 Å². The van der Waals surface area contributed by atoms with E-state index in [1.54, 1.807) is 6.33 Å². The molecule has 0 bridgehead atoms. The first kappa shape index (κ1) is 20.9. The summed E-state index contributed by atoms with van der Waals surface area (Å²) in [6.07, 6.45) is 6.33. The maximum atomic E-state index is 5.55. The number of pyridine rings is 1. The molecule has 0 radical (unpaired) electrons. The van der Waals surface area contributed by atoms with Crippen molar-refractivity contribution in [2.24, 2.45) is 0 Å². The van der Waals surface area contributed by atoms with E-state index in [0.717, 1.165) is 18.9 Å². The van der Waals surface area contributed by atoms with E-state index in [1.165, 1.54) is 70.3 Å². The van der Waals surface area contributed by atoms with Crippen LogP contribution >= 0.6 is 0 Å². The Morgan fingerprint density at radius 1 is 1.09 bits per heavy atom. The molecule has 33 heavy (non-hydrogen) atoms. The number of H-pyrrole nitrogens is 1. The molecule has 2 fully saturated rings. The number of hydrogen-bond donors (Lipinski definition) is 1. The van der Waals surface area contributed by atoms with Crippen LogP contribution < -0.4 is 0 Å². The van der Waals surface area contributed by atoms with Crippen LogP contribution in [0.2, 0.25) is 0 Å². The van der Waals surface area contributed by atoms with E-state index in [0.29, 0.717) is 17.9 Å². The lowest BCUT2D eigenvalue weighted by atomic mass is 9.87. The van der Waals surface area contributed by atoms with Gasteiger partial charge in [-0.1, -0.05) is 19.9 Å². The van der Waals surface area contributed by atoms with Gasteiger partial charge in [0.25, 0.3) is 0 Å². The molecule has 5 heterocycles. The molecule has 0 unspecified atom stereocenters. The van der Waals surface area contributed by atoms with E-state index in [1.807, 2.05) is 4.40 Å². The Morgan fingerprint density at radius 3 is 2.64 bits per heavy atom. The quantitative estimate of drug-likeness (QED) is 0.471. The monoisotopic (exact) mass is 443 g/mol. The second-order valence-electron chi connectivity index (χ2n) is 10.2. The van der Waals surface area contributed by atoms with Gasteiger partial charge in [0.2, 0.25) is 0 Å². The van der Waals surface area contributed by atoms with Gasteiger partial charge in [-0.15, -0.1) is 10.2 Å². The van der Waals surface area contributed by atoms with Gasteiger partial charge in [0.1, 0.15) is 6.33 Å². The van der Waals surface area contributed by atoms with E-state index in [-0.39, 0.29) is 0 Å². The fourth-order valence-electron chi connectivity index (χ4n) is 5.83.